The van der Waals surface area contributed by atoms with E-state index in [9.17, 15) is 14.4 Å². The molecule has 0 aliphatic carbocycles. The molecule has 3 aromatic rings. The van der Waals surface area contributed by atoms with Gasteiger partial charge in [-0.15, -0.1) is 0 Å². The first-order valence-electron chi connectivity index (χ1n) is 9.45. The monoisotopic (exact) mass is 401 g/mol. The van der Waals surface area contributed by atoms with Gasteiger partial charge >= 0.3 is 5.69 Å². The lowest BCUT2D eigenvalue weighted by Gasteiger charge is -2.21. The van der Waals surface area contributed by atoms with Gasteiger partial charge in [0.2, 0.25) is 5.91 Å². The Morgan fingerprint density at radius 3 is 2.76 bits per heavy atom. The standard InChI is InChI=1S/C18H23N7O4/c1-22-16-15(17(27)23(2)18(22)28)24(11-19-16)10-14(26)21-13-7-20-25(9-13)8-12-3-5-29-6-4-12/h7,9,11-12H,3-6,8,10H2,1-2H3,(H,21,26). The van der Waals surface area contributed by atoms with E-state index in [4.69, 9.17) is 4.74 Å². The molecular formula is C18H23N7O4. The third-order valence-corrected chi connectivity index (χ3v) is 5.23. The lowest BCUT2D eigenvalue weighted by atomic mass is 10.0. The molecule has 11 heteroatoms. The van der Waals surface area contributed by atoms with E-state index in [1.807, 2.05) is 4.68 Å². The molecule has 1 amide bonds. The largest absolute Gasteiger partial charge is 0.381 e. The first-order valence-corrected chi connectivity index (χ1v) is 9.45. The van der Waals surface area contributed by atoms with Crippen LogP contribution in [0, 0.1) is 5.92 Å². The second-order valence-corrected chi connectivity index (χ2v) is 7.31. The van der Waals surface area contributed by atoms with E-state index in [0.29, 0.717) is 11.6 Å². The number of ether oxygens (including phenoxy) is 1. The highest BCUT2D eigenvalue weighted by Gasteiger charge is 2.17. The second kappa shape index (κ2) is 7.66. The van der Waals surface area contributed by atoms with Crippen LogP contribution in [0.5, 0.6) is 0 Å². The van der Waals surface area contributed by atoms with Crippen molar-refractivity contribution in [3.63, 3.8) is 0 Å². The van der Waals surface area contributed by atoms with Crippen LogP contribution in [-0.2, 0) is 36.7 Å². The maximum atomic E-state index is 12.5. The third kappa shape index (κ3) is 3.73. The smallest absolute Gasteiger partial charge is 0.332 e. The SMILES string of the molecule is Cn1c(=O)c2c(ncn2CC(=O)Nc2cnn(CC3CCOCC3)c2)n(C)c1=O. The molecule has 1 aliphatic heterocycles. The van der Waals surface area contributed by atoms with Gasteiger partial charge < -0.3 is 14.6 Å². The molecular weight excluding hydrogens is 378 g/mol. The highest BCUT2D eigenvalue weighted by molar-refractivity contribution is 5.91. The Morgan fingerprint density at radius 2 is 2.00 bits per heavy atom. The van der Waals surface area contributed by atoms with Gasteiger partial charge in [0.05, 0.1) is 18.2 Å². The van der Waals surface area contributed by atoms with Crippen molar-refractivity contribution in [2.45, 2.75) is 25.9 Å². The molecule has 3 aromatic heterocycles. The van der Waals surface area contributed by atoms with E-state index in [0.717, 1.165) is 37.2 Å². The van der Waals surface area contributed by atoms with Gasteiger partial charge in [-0.1, -0.05) is 0 Å². The maximum Gasteiger partial charge on any atom is 0.332 e. The van der Waals surface area contributed by atoms with E-state index >= 15 is 0 Å². The molecule has 0 unspecified atom stereocenters. The van der Waals surface area contributed by atoms with Crippen LogP contribution in [0.25, 0.3) is 11.2 Å². The molecule has 1 saturated heterocycles. The summed E-state index contributed by atoms with van der Waals surface area (Å²) < 4.78 is 10.9. The van der Waals surface area contributed by atoms with Gasteiger partial charge in [0, 0.05) is 40.1 Å². The molecule has 0 atom stereocenters. The van der Waals surface area contributed by atoms with Crippen LogP contribution in [0.15, 0.2) is 28.3 Å². The number of hydrogen-bond acceptors (Lipinski definition) is 6. The van der Waals surface area contributed by atoms with Crippen LogP contribution in [0.3, 0.4) is 0 Å². The number of nitrogens with zero attached hydrogens (tertiary/aromatic N) is 6. The molecule has 1 N–H and O–H groups in total. The van der Waals surface area contributed by atoms with Crippen LogP contribution in [0.4, 0.5) is 5.69 Å². The van der Waals surface area contributed by atoms with Crippen molar-refractivity contribution in [3.05, 3.63) is 39.6 Å². The number of rotatable bonds is 5. The molecule has 0 spiro atoms. The summed E-state index contributed by atoms with van der Waals surface area (Å²) in [7, 11) is 2.93. The van der Waals surface area contributed by atoms with E-state index in [1.54, 1.807) is 12.4 Å². The summed E-state index contributed by atoms with van der Waals surface area (Å²) in [6.45, 7) is 2.24. The minimum absolute atomic E-state index is 0.102. The summed E-state index contributed by atoms with van der Waals surface area (Å²) in [4.78, 5) is 41.0. The van der Waals surface area contributed by atoms with Gasteiger partial charge in [-0.05, 0) is 18.8 Å². The number of aryl methyl sites for hydroxylation is 1. The molecule has 0 bridgehead atoms. The number of aromatic nitrogens is 6. The Morgan fingerprint density at radius 1 is 1.24 bits per heavy atom. The number of carbonyl (C=O) groups excluding carboxylic acids is 1. The first-order chi connectivity index (χ1) is 13.9. The van der Waals surface area contributed by atoms with Gasteiger partial charge in [-0.25, -0.2) is 9.78 Å². The van der Waals surface area contributed by atoms with Gasteiger partial charge in [0.25, 0.3) is 5.56 Å². The summed E-state index contributed by atoms with van der Waals surface area (Å²) in [5, 5.41) is 7.10. The van der Waals surface area contributed by atoms with Crippen LogP contribution < -0.4 is 16.6 Å². The van der Waals surface area contributed by atoms with E-state index in [1.165, 1.54) is 29.6 Å². The molecule has 4 rings (SSSR count). The molecule has 11 nitrogen and oxygen atoms in total. The third-order valence-electron chi connectivity index (χ3n) is 5.23. The Kier molecular flexibility index (Phi) is 5.05. The highest BCUT2D eigenvalue weighted by atomic mass is 16.5. The topological polar surface area (TPSA) is 118 Å². The van der Waals surface area contributed by atoms with Crippen molar-refractivity contribution < 1.29 is 9.53 Å². The first kappa shape index (κ1) is 19.1. The van der Waals surface area contributed by atoms with Gasteiger partial charge in [0.15, 0.2) is 11.2 Å². The zero-order valence-electron chi connectivity index (χ0n) is 16.4. The zero-order valence-corrected chi connectivity index (χ0v) is 16.4. The fourth-order valence-electron chi connectivity index (χ4n) is 3.59. The molecule has 1 aliphatic rings. The number of imidazole rings is 1. The normalized spacial score (nSPS) is 15.1. The van der Waals surface area contributed by atoms with E-state index in [2.05, 4.69) is 15.4 Å². The molecule has 0 aromatic carbocycles. The molecule has 0 radical (unpaired) electrons. The molecule has 1 fully saturated rings. The summed E-state index contributed by atoms with van der Waals surface area (Å²) in [6.07, 6.45) is 6.80. The van der Waals surface area contributed by atoms with Crippen molar-refractivity contribution in [2.75, 3.05) is 18.5 Å². The van der Waals surface area contributed by atoms with E-state index < -0.39 is 11.2 Å². The Hall–Kier alpha value is -3.21. The quantitative estimate of drug-likeness (QED) is 0.627. The van der Waals surface area contributed by atoms with Crippen LogP contribution in [0.1, 0.15) is 12.8 Å². The number of carbonyl (C=O) groups is 1. The zero-order chi connectivity index (χ0) is 20.5. The summed E-state index contributed by atoms with van der Waals surface area (Å²) >= 11 is 0. The van der Waals surface area contributed by atoms with Crippen molar-refractivity contribution in [1.29, 1.82) is 0 Å². The number of amides is 1. The summed E-state index contributed by atoms with van der Waals surface area (Å²) in [5.74, 6) is 0.207. The van der Waals surface area contributed by atoms with Crippen molar-refractivity contribution in [1.82, 2.24) is 28.5 Å². The van der Waals surface area contributed by atoms with Crippen LogP contribution in [0.2, 0.25) is 0 Å². The average Bonchev–Trinajstić information content (AvgIpc) is 3.32. The van der Waals surface area contributed by atoms with Crippen LogP contribution in [-0.4, -0.2) is 47.6 Å². The van der Waals surface area contributed by atoms with Crippen molar-refractivity contribution in [3.8, 4) is 0 Å². The molecule has 0 saturated carbocycles. The second-order valence-electron chi connectivity index (χ2n) is 7.31. The van der Waals surface area contributed by atoms with Gasteiger partial charge in [0.1, 0.15) is 6.54 Å². The minimum Gasteiger partial charge on any atom is -0.381 e. The van der Waals surface area contributed by atoms with Crippen molar-refractivity contribution in [2.24, 2.45) is 20.0 Å². The average molecular weight is 401 g/mol. The van der Waals surface area contributed by atoms with Gasteiger partial charge in [-0.3, -0.25) is 23.4 Å². The predicted octanol–water partition coefficient (Wildman–Crippen LogP) is -0.304. The number of hydrogen-bond donors (Lipinski definition) is 1. The van der Waals surface area contributed by atoms with Gasteiger partial charge in [-0.2, -0.15) is 5.10 Å². The predicted molar refractivity (Wildman–Crippen MR) is 105 cm³/mol. The molecule has 4 heterocycles. The number of anilines is 1. The summed E-state index contributed by atoms with van der Waals surface area (Å²) in [6, 6.07) is 0. The highest BCUT2D eigenvalue weighted by Crippen LogP contribution is 2.17. The Bertz CT molecular complexity index is 1160. The van der Waals surface area contributed by atoms with E-state index in [-0.39, 0.29) is 23.6 Å². The Labute approximate surface area is 165 Å². The fraction of sp³-hybridized carbons (Fsp3) is 0.500. The minimum atomic E-state index is -0.488. The number of fused-ring (bicyclic) bond motifs is 1. The lowest BCUT2D eigenvalue weighted by molar-refractivity contribution is -0.116. The maximum absolute atomic E-state index is 12.5. The van der Waals surface area contributed by atoms with Crippen molar-refractivity contribution >= 4 is 22.8 Å². The molecule has 154 valence electrons. The Balaban J connectivity index is 1.47. The summed E-state index contributed by atoms with van der Waals surface area (Å²) in [5.41, 5.74) is 0.0914. The van der Waals surface area contributed by atoms with Crippen LogP contribution >= 0.6 is 0 Å². The number of nitrogens with one attached hydrogen (secondary N) is 1. The molecule has 29 heavy (non-hydrogen) atoms. The fourth-order valence-corrected chi connectivity index (χ4v) is 3.59. The lowest BCUT2D eigenvalue weighted by Crippen LogP contribution is -2.37.